The molecule has 2 heteroatoms. The van der Waals surface area contributed by atoms with Crippen LogP contribution in [0.3, 0.4) is 0 Å². The first-order valence-electron chi connectivity index (χ1n) is 9.09. The molecule has 3 aromatic rings. The van der Waals surface area contributed by atoms with E-state index in [-0.39, 0.29) is 5.56 Å². The van der Waals surface area contributed by atoms with Crippen LogP contribution in [0.5, 0.6) is 0 Å². The lowest BCUT2D eigenvalue weighted by atomic mass is 9.99. The lowest BCUT2D eigenvalue weighted by Crippen LogP contribution is -2.00. The minimum Gasteiger partial charge on any atom is -0.207 e. The first-order valence-corrected chi connectivity index (χ1v) is 9.09. The maximum absolute atomic E-state index is 13.9. The van der Waals surface area contributed by atoms with Crippen LogP contribution in [0.25, 0.3) is 0 Å². The van der Waals surface area contributed by atoms with Crippen molar-refractivity contribution in [3.05, 3.63) is 106 Å². The molecule has 0 radical (unpaired) electrons. The number of rotatable bonds is 6. The van der Waals surface area contributed by atoms with Crippen molar-refractivity contribution in [2.24, 2.45) is 0 Å². The highest BCUT2D eigenvalue weighted by molar-refractivity contribution is 5.29. The van der Waals surface area contributed by atoms with Crippen molar-refractivity contribution in [1.29, 1.82) is 0 Å². The van der Waals surface area contributed by atoms with Gasteiger partial charge in [-0.1, -0.05) is 54.1 Å². The smallest absolute Gasteiger partial charge is 0.129 e. The molecule has 3 rings (SSSR count). The van der Waals surface area contributed by atoms with Crippen molar-refractivity contribution < 1.29 is 8.78 Å². The molecule has 0 saturated heterocycles. The summed E-state index contributed by atoms with van der Waals surface area (Å²) in [5.41, 5.74) is 5.79. The largest absolute Gasteiger partial charge is 0.207 e. The fraction of sp³-hybridized carbons (Fsp3) is 0.250. The number of benzene rings is 3. The average molecular weight is 350 g/mol. The van der Waals surface area contributed by atoms with Gasteiger partial charge in [0.05, 0.1) is 0 Å². The van der Waals surface area contributed by atoms with E-state index in [9.17, 15) is 8.78 Å². The van der Waals surface area contributed by atoms with Crippen LogP contribution in [0.1, 0.15) is 33.4 Å². The Hall–Kier alpha value is -2.48. The minimum atomic E-state index is -0.447. The summed E-state index contributed by atoms with van der Waals surface area (Å²) >= 11 is 0. The molecular weight excluding hydrogens is 326 g/mol. The summed E-state index contributed by atoms with van der Waals surface area (Å²) in [4.78, 5) is 0. The van der Waals surface area contributed by atoms with Gasteiger partial charge in [0.25, 0.3) is 0 Å². The molecule has 0 unspecified atom stereocenters. The molecular formula is C24H24F2. The predicted octanol–water partition coefficient (Wildman–Crippen LogP) is 6.15. The summed E-state index contributed by atoms with van der Waals surface area (Å²) in [7, 11) is 0. The maximum atomic E-state index is 13.9. The second-order valence-electron chi connectivity index (χ2n) is 7.01. The van der Waals surface area contributed by atoms with Gasteiger partial charge in [-0.25, -0.2) is 8.78 Å². The maximum Gasteiger partial charge on any atom is 0.129 e. The second kappa shape index (κ2) is 8.27. The van der Waals surface area contributed by atoms with Gasteiger partial charge in [-0.3, -0.25) is 0 Å². The van der Waals surface area contributed by atoms with Crippen LogP contribution in [-0.4, -0.2) is 0 Å². The number of aryl methyl sites for hydroxylation is 5. The topological polar surface area (TPSA) is 0 Å². The van der Waals surface area contributed by atoms with Crippen molar-refractivity contribution in [3.63, 3.8) is 0 Å². The van der Waals surface area contributed by atoms with Crippen LogP contribution in [0.2, 0.25) is 0 Å². The number of hydrogen-bond donors (Lipinski definition) is 0. The van der Waals surface area contributed by atoms with E-state index in [0.29, 0.717) is 18.4 Å². The van der Waals surface area contributed by atoms with Gasteiger partial charge in [-0.15, -0.1) is 0 Å². The zero-order chi connectivity index (χ0) is 18.5. The molecule has 0 aliphatic heterocycles. The predicted molar refractivity (Wildman–Crippen MR) is 104 cm³/mol. The molecule has 0 aliphatic rings. The van der Waals surface area contributed by atoms with Crippen LogP contribution >= 0.6 is 0 Å². The summed E-state index contributed by atoms with van der Waals surface area (Å²) in [5, 5.41) is 0. The zero-order valence-electron chi connectivity index (χ0n) is 15.4. The van der Waals surface area contributed by atoms with Crippen LogP contribution < -0.4 is 0 Å². The molecule has 0 spiro atoms. The van der Waals surface area contributed by atoms with Crippen LogP contribution in [0.15, 0.2) is 60.7 Å². The van der Waals surface area contributed by atoms with Crippen molar-refractivity contribution in [3.8, 4) is 0 Å². The lowest BCUT2D eigenvalue weighted by Gasteiger charge is -2.08. The monoisotopic (exact) mass is 350 g/mol. The van der Waals surface area contributed by atoms with Gasteiger partial charge in [0.15, 0.2) is 0 Å². The van der Waals surface area contributed by atoms with E-state index in [2.05, 4.69) is 55.5 Å². The van der Waals surface area contributed by atoms with Crippen molar-refractivity contribution in [2.45, 2.75) is 39.5 Å². The highest BCUT2D eigenvalue weighted by Crippen LogP contribution is 2.18. The molecule has 0 atom stereocenters. The Kier molecular flexibility index (Phi) is 5.82. The standard InChI is InChI=1S/C24H24F2/c1-17-3-5-19(6-4-17)7-8-20-9-11-21(12-10-20)13-14-22-23(25)15-18(2)16-24(22)26/h3-6,9-12,15-16H,7-8,13-14H2,1-2H3. The first-order chi connectivity index (χ1) is 12.5. The normalized spacial score (nSPS) is 10.9. The summed E-state index contributed by atoms with van der Waals surface area (Å²) in [6.45, 7) is 3.79. The van der Waals surface area contributed by atoms with Gasteiger partial charge < -0.3 is 0 Å². The van der Waals surface area contributed by atoms with E-state index in [1.807, 2.05) is 0 Å². The Morgan fingerprint density at radius 3 is 1.38 bits per heavy atom. The molecule has 134 valence electrons. The Morgan fingerprint density at radius 2 is 0.923 bits per heavy atom. The third-order valence-corrected chi connectivity index (χ3v) is 4.79. The summed E-state index contributed by atoms with van der Waals surface area (Å²) in [6, 6.07) is 19.8. The fourth-order valence-electron chi connectivity index (χ4n) is 3.15. The lowest BCUT2D eigenvalue weighted by molar-refractivity contribution is 0.553. The summed E-state index contributed by atoms with van der Waals surface area (Å²) < 4.78 is 27.8. The SMILES string of the molecule is Cc1ccc(CCc2ccc(CCc3c(F)cc(C)cc3F)cc2)cc1. The minimum absolute atomic E-state index is 0.180. The molecule has 0 aromatic heterocycles. The van der Waals surface area contributed by atoms with E-state index in [4.69, 9.17) is 0 Å². The number of hydrogen-bond acceptors (Lipinski definition) is 0. The van der Waals surface area contributed by atoms with Gasteiger partial charge in [-0.05, 0) is 73.9 Å². The van der Waals surface area contributed by atoms with Crippen molar-refractivity contribution in [1.82, 2.24) is 0 Å². The Morgan fingerprint density at radius 1 is 0.538 bits per heavy atom. The van der Waals surface area contributed by atoms with Crippen molar-refractivity contribution in [2.75, 3.05) is 0 Å². The van der Waals surface area contributed by atoms with Gasteiger partial charge >= 0.3 is 0 Å². The summed E-state index contributed by atoms with van der Waals surface area (Å²) in [5.74, 6) is -0.894. The van der Waals surface area contributed by atoms with Crippen molar-refractivity contribution >= 4 is 0 Å². The molecule has 0 aliphatic carbocycles. The van der Waals surface area contributed by atoms with E-state index >= 15 is 0 Å². The molecule has 3 aromatic carbocycles. The van der Waals surface area contributed by atoms with E-state index in [1.54, 1.807) is 6.92 Å². The highest BCUT2D eigenvalue weighted by atomic mass is 19.1. The fourth-order valence-corrected chi connectivity index (χ4v) is 3.15. The number of halogens is 2. The Balaban J connectivity index is 1.57. The summed E-state index contributed by atoms with van der Waals surface area (Å²) in [6.07, 6.45) is 3.01. The van der Waals surface area contributed by atoms with Gasteiger partial charge in [0.1, 0.15) is 11.6 Å². The molecule has 0 heterocycles. The highest BCUT2D eigenvalue weighted by Gasteiger charge is 2.10. The third-order valence-electron chi connectivity index (χ3n) is 4.79. The van der Waals surface area contributed by atoms with E-state index in [1.165, 1.54) is 28.8 Å². The zero-order valence-corrected chi connectivity index (χ0v) is 15.4. The first kappa shape index (κ1) is 18.3. The molecule has 0 saturated carbocycles. The van der Waals surface area contributed by atoms with Gasteiger partial charge in [0.2, 0.25) is 0 Å². The molecule has 0 bridgehead atoms. The second-order valence-corrected chi connectivity index (χ2v) is 7.01. The van der Waals surface area contributed by atoms with Crippen LogP contribution in [0, 0.1) is 25.5 Å². The molecule has 0 amide bonds. The van der Waals surface area contributed by atoms with Gasteiger partial charge in [0, 0.05) is 5.56 Å². The molecule has 0 fully saturated rings. The van der Waals surface area contributed by atoms with E-state index < -0.39 is 11.6 Å². The molecule has 26 heavy (non-hydrogen) atoms. The van der Waals surface area contributed by atoms with E-state index in [0.717, 1.165) is 18.4 Å². The Bertz CT molecular complexity index is 839. The molecule has 0 nitrogen and oxygen atoms in total. The third kappa shape index (κ3) is 4.78. The average Bonchev–Trinajstić information content (AvgIpc) is 2.61. The molecule has 0 N–H and O–H groups in total. The van der Waals surface area contributed by atoms with Gasteiger partial charge in [-0.2, -0.15) is 0 Å². The Labute approximate surface area is 154 Å². The van der Waals surface area contributed by atoms with Crippen LogP contribution in [0.4, 0.5) is 8.78 Å². The quantitative estimate of drug-likeness (QED) is 0.500. The van der Waals surface area contributed by atoms with Crippen LogP contribution in [-0.2, 0) is 25.7 Å².